The van der Waals surface area contributed by atoms with Crippen LogP contribution in [0.15, 0.2) is 24.0 Å². The maximum atomic E-state index is 5.52. The zero-order valence-electron chi connectivity index (χ0n) is 5.72. The van der Waals surface area contributed by atoms with Gasteiger partial charge in [0.15, 0.2) is 0 Å². The normalized spacial score (nSPS) is 45.1. The molecule has 1 aliphatic carbocycles. The molecule has 0 aromatic rings. The molecule has 0 radical (unpaired) electrons. The van der Waals surface area contributed by atoms with Gasteiger partial charge in [-0.05, 0) is 26.0 Å². The van der Waals surface area contributed by atoms with Crippen LogP contribution >= 0.6 is 0 Å². The number of hydrogen-bond donors (Lipinski definition) is 0. The molecule has 9 heavy (non-hydrogen) atoms. The summed E-state index contributed by atoms with van der Waals surface area (Å²) in [7, 11) is 0. The van der Waals surface area contributed by atoms with Crippen molar-refractivity contribution < 1.29 is 4.74 Å². The molecule has 0 spiro atoms. The summed E-state index contributed by atoms with van der Waals surface area (Å²) in [6, 6.07) is 0. The van der Waals surface area contributed by atoms with Gasteiger partial charge >= 0.3 is 0 Å². The lowest BCUT2D eigenvalue weighted by Crippen LogP contribution is -2.35. The number of fused-ring (bicyclic) bond motifs is 1. The van der Waals surface area contributed by atoms with Crippen LogP contribution in [-0.4, -0.2) is 5.60 Å². The Balaban J connectivity index is 2.31. The predicted molar refractivity (Wildman–Crippen MR) is 35.9 cm³/mol. The van der Waals surface area contributed by atoms with Crippen LogP contribution in [0.4, 0.5) is 0 Å². The van der Waals surface area contributed by atoms with Crippen LogP contribution in [0.25, 0.3) is 0 Å². The first kappa shape index (κ1) is 5.10. The molecule has 1 aliphatic heterocycles. The molecule has 48 valence electrons. The summed E-state index contributed by atoms with van der Waals surface area (Å²) >= 11 is 0. The number of allylic oxidation sites excluding steroid dienone is 1. The Hall–Kier alpha value is -0.720. The lowest BCUT2D eigenvalue weighted by atomic mass is 9.80. The van der Waals surface area contributed by atoms with Crippen molar-refractivity contribution in [2.75, 3.05) is 0 Å². The summed E-state index contributed by atoms with van der Waals surface area (Å²) in [6.07, 6.45) is 6.46. The minimum absolute atomic E-state index is 0.0318. The summed E-state index contributed by atoms with van der Waals surface area (Å²) in [4.78, 5) is 0. The van der Waals surface area contributed by atoms with Crippen molar-refractivity contribution in [2.24, 2.45) is 5.92 Å². The minimum Gasteiger partial charge on any atom is -0.488 e. The van der Waals surface area contributed by atoms with Crippen LogP contribution in [0.5, 0.6) is 0 Å². The third-order valence-electron chi connectivity index (χ3n) is 2.09. The average molecular weight is 122 g/mol. The minimum atomic E-state index is 0.0318. The van der Waals surface area contributed by atoms with Crippen molar-refractivity contribution in [1.82, 2.24) is 0 Å². The third kappa shape index (κ3) is 0.493. The molecule has 1 nitrogen and oxygen atoms in total. The van der Waals surface area contributed by atoms with Gasteiger partial charge < -0.3 is 4.74 Å². The van der Waals surface area contributed by atoms with Crippen LogP contribution in [0, 0.1) is 5.92 Å². The van der Waals surface area contributed by atoms with Crippen LogP contribution in [-0.2, 0) is 4.74 Å². The summed E-state index contributed by atoms with van der Waals surface area (Å²) in [6.45, 7) is 4.12. The molecule has 0 saturated heterocycles. The maximum Gasteiger partial charge on any atom is 0.134 e. The first-order valence-electron chi connectivity index (χ1n) is 3.27. The summed E-state index contributed by atoms with van der Waals surface area (Å²) in [5.74, 6) is 1.62. The topological polar surface area (TPSA) is 9.23 Å². The fourth-order valence-electron chi connectivity index (χ4n) is 1.44. The van der Waals surface area contributed by atoms with E-state index >= 15 is 0 Å². The van der Waals surface area contributed by atoms with E-state index in [-0.39, 0.29) is 5.60 Å². The molecule has 2 unspecified atom stereocenters. The molecule has 0 saturated carbocycles. The van der Waals surface area contributed by atoms with Crippen molar-refractivity contribution in [3.63, 3.8) is 0 Å². The largest absolute Gasteiger partial charge is 0.488 e. The highest BCUT2D eigenvalue weighted by atomic mass is 16.5. The van der Waals surface area contributed by atoms with Crippen LogP contribution in [0.1, 0.15) is 13.8 Å². The Labute approximate surface area is 55.0 Å². The predicted octanol–water partition coefficient (Wildman–Crippen LogP) is 1.87. The quantitative estimate of drug-likeness (QED) is 0.446. The van der Waals surface area contributed by atoms with Gasteiger partial charge in [-0.2, -0.15) is 0 Å². The van der Waals surface area contributed by atoms with Gasteiger partial charge in [0.05, 0.1) is 5.76 Å². The van der Waals surface area contributed by atoms with Gasteiger partial charge in [0, 0.05) is 5.92 Å². The Kier molecular flexibility index (Phi) is 0.696. The molecule has 2 rings (SSSR count). The summed E-state index contributed by atoms with van der Waals surface area (Å²) in [5, 5.41) is 0. The monoisotopic (exact) mass is 122 g/mol. The Bertz CT molecular complexity index is 203. The molecule has 1 heterocycles. The van der Waals surface area contributed by atoms with Gasteiger partial charge in [0.25, 0.3) is 0 Å². The highest BCUT2D eigenvalue weighted by Crippen LogP contribution is 2.41. The van der Waals surface area contributed by atoms with E-state index in [2.05, 4.69) is 25.2 Å². The second-order valence-electron chi connectivity index (χ2n) is 2.95. The Morgan fingerprint density at radius 3 is 2.67 bits per heavy atom. The maximum absolute atomic E-state index is 5.52. The molecule has 2 aliphatic rings. The molecule has 0 fully saturated rings. The molecule has 0 bridgehead atoms. The number of rotatable bonds is 0. The van der Waals surface area contributed by atoms with Crippen LogP contribution in [0.2, 0.25) is 0 Å². The Morgan fingerprint density at radius 1 is 1.67 bits per heavy atom. The zero-order chi connectivity index (χ0) is 6.48. The molecule has 2 atom stereocenters. The van der Waals surface area contributed by atoms with E-state index in [0.29, 0.717) is 5.92 Å². The number of ether oxygens (including phenoxy) is 1. The van der Waals surface area contributed by atoms with E-state index < -0.39 is 0 Å². The fraction of sp³-hybridized carbons (Fsp3) is 0.500. The smallest absolute Gasteiger partial charge is 0.134 e. The molecular weight excluding hydrogens is 112 g/mol. The summed E-state index contributed by atoms with van der Waals surface area (Å²) in [5.41, 5.74) is 0.0318. The second-order valence-corrected chi connectivity index (χ2v) is 2.95. The van der Waals surface area contributed by atoms with E-state index in [9.17, 15) is 0 Å². The van der Waals surface area contributed by atoms with Crippen molar-refractivity contribution in [3.8, 4) is 0 Å². The molecule has 1 heteroatoms. The fourth-order valence-corrected chi connectivity index (χ4v) is 1.44. The standard InChI is InChI=1S/C8H10O/c1-6-5-7-3-4-8(7,2)9-6/h3-5,7H,1-2H3. The van der Waals surface area contributed by atoms with Crippen molar-refractivity contribution in [2.45, 2.75) is 19.4 Å². The molecular formula is C8H10O. The van der Waals surface area contributed by atoms with Gasteiger partial charge in [-0.25, -0.2) is 0 Å². The van der Waals surface area contributed by atoms with Crippen molar-refractivity contribution in [3.05, 3.63) is 24.0 Å². The first-order chi connectivity index (χ1) is 4.21. The highest BCUT2D eigenvalue weighted by Gasteiger charge is 2.41. The molecule has 0 amide bonds. The van der Waals surface area contributed by atoms with Gasteiger partial charge in [-0.15, -0.1) is 0 Å². The van der Waals surface area contributed by atoms with E-state index in [1.807, 2.05) is 6.92 Å². The van der Waals surface area contributed by atoms with Gasteiger partial charge in [-0.1, -0.05) is 6.08 Å². The molecule has 0 aromatic heterocycles. The van der Waals surface area contributed by atoms with Gasteiger partial charge in [0.1, 0.15) is 5.60 Å². The lowest BCUT2D eigenvalue weighted by molar-refractivity contribution is 0.0527. The van der Waals surface area contributed by atoms with E-state index in [1.165, 1.54) is 0 Å². The van der Waals surface area contributed by atoms with Gasteiger partial charge in [0.2, 0.25) is 0 Å². The van der Waals surface area contributed by atoms with E-state index in [4.69, 9.17) is 4.74 Å². The SMILES string of the molecule is CC1=CC2C=CC2(C)O1. The summed E-state index contributed by atoms with van der Waals surface area (Å²) < 4.78 is 5.52. The first-order valence-corrected chi connectivity index (χ1v) is 3.27. The molecule has 0 N–H and O–H groups in total. The van der Waals surface area contributed by atoms with Crippen molar-refractivity contribution >= 4 is 0 Å². The molecule has 0 aromatic carbocycles. The van der Waals surface area contributed by atoms with Crippen LogP contribution in [0.3, 0.4) is 0 Å². The third-order valence-corrected chi connectivity index (χ3v) is 2.09. The van der Waals surface area contributed by atoms with E-state index in [1.54, 1.807) is 0 Å². The van der Waals surface area contributed by atoms with Gasteiger partial charge in [-0.3, -0.25) is 0 Å². The average Bonchev–Trinajstić information content (AvgIpc) is 1.94. The zero-order valence-corrected chi connectivity index (χ0v) is 5.72. The number of hydrogen-bond acceptors (Lipinski definition) is 1. The highest BCUT2D eigenvalue weighted by molar-refractivity contribution is 5.31. The van der Waals surface area contributed by atoms with E-state index in [0.717, 1.165) is 5.76 Å². The van der Waals surface area contributed by atoms with Crippen LogP contribution < -0.4 is 0 Å². The second kappa shape index (κ2) is 1.23. The Morgan fingerprint density at radius 2 is 2.44 bits per heavy atom. The lowest BCUT2D eigenvalue weighted by Gasteiger charge is -2.33. The van der Waals surface area contributed by atoms with Crippen molar-refractivity contribution in [1.29, 1.82) is 0 Å².